The fourth-order valence-electron chi connectivity index (χ4n) is 1.49. The van der Waals surface area contributed by atoms with Gasteiger partial charge in [0.1, 0.15) is 0 Å². The predicted octanol–water partition coefficient (Wildman–Crippen LogP) is 0.284. The van der Waals surface area contributed by atoms with Crippen LogP contribution in [0.25, 0.3) is 0 Å². The first-order valence-corrected chi connectivity index (χ1v) is 5.58. The Hall–Kier alpha value is -0.580. The Morgan fingerprint density at radius 1 is 1.67 bits per heavy atom. The van der Waals surface area contributed by atoms with Crippen molar-refractivity contribution in [3.63, 3.8) is 0 Å². The van der Waals surface area contributed by atoms with E-state index in [0.29, 0.717) is 6.42 Å². The molecule has 1 N–H and O–H groups in total. The minimum absolute atomic E-state index is 0.0517. The van der Waals surface area contributed by atoms with Gasteiger partial charge in [0.25, 0.3) is 0 Å². The van der Waals surface area contributed by atoms with Crippen LogP contribution in [0.5, 0.6) is 0 Å². The lowest BCUT2D eigenvalue weighted by Gasteiger charge is -2.30. The molecule has 2 atom stereocenters. The standard InChI is InChI=1S/C7H12O4S/c1-5(4-7(8)9)6-2-3-12(6,10)11/h5-6H,2-4H2,1H3,(H,8,9). The fourth-order valence-corrected chi connectivity index (χ4v) is 3.19. The van der Waals surface area contributed by atoms with Crippen LogP contribution >= 0.6 is 0 Å². The van der Waals surface area contributed by atoms with Crippen molar-refractivity contribution in [1.82, 2.24) is 0 Å². The normalized spacial score (nSPS) is 28.9. The zero-order chi connectivity index (χ0) is 9.35. The fraction of sp³-hybridized carbons (Fsp3) is 0.857. The van der Waals surface area contributed by atoms with Crippen molar-refractivity contribution in [3.8, 4) is 0 Å². The molecule has 12 heavy (non-hydrogen) atoms. The summed E-state index contributed by atoms with van der Waals surface area (Å²) in [6.45, 7) is 1.68. The van der Waals surface area contributed by atoms with Gasteiger partial charge < -0.3 is 5.11 Å². The lowest BCUT2D eigenvalue weighted by Crippen LogP contribution is -2.41. The highest BCUT2D eigenvalue weighted by Gasteiger charge is 2.39. The molecule has 0 radical (unpaired) electrons. The second kappa shape index (κ2) is 3.05. The van der Waals surface area contributed by atoms with Crippen molar-refractivity contribution in [2.75, 3.05) is 5.75 Å². The average molecular weight is 192 g/mol. The van der Waals surface area contributed by atoms with E-state index in [-0.39, 0.29) is 18.1 Å². The topological polar surface area (TPSA) is 71.4 Å². The zero-order valence-corrected chi connectivity index (χ0v) is 7.67. The summed E-state index contributed by atoms with van der Waals surface area (Å²) in [5.41, 5.74) is 0. The van der Waals surface area contributed by atoms with Crippen LogP contribution in [-0.4, -0.2) is 30.5 Å². The third-order valence-corrected chi connectivity index (χ3v) is 4.71. The Labute approximate surface area is 71.5 Å². The molecule has 0 aromatic carbocycles. The van der Waals surface area contributed by atoms with Crippen LogP contribution in [0.4, 0.5) is 0 Å². The summed E-state index contributed by atoms with van der Waals surface area (Å²) in [6, 6.07) is 0. The van der Waals surface area contributed by atoms with E-state index >= 15 is 0 Å². The molecule has 0 aliphatic carbocycles. The van der Waals surface area contributed by atoms with Gasteiger partial charge in [-0.05, 0) is 12.3 Å². The smallest absolute Gasteiger partial charge is 0.303 e. The van der Waals surface area contributed by atoms with Gasteiger partial charge in [-0.15, -0.1) is 0 Å². The molecule has 1 aliphatic rings. The van der Waals surface area contributed by atoms with Crippen LogP contribution in [0.15, 0.2) is 0 Å². The van der Waals surface area contributed by atoms with Crippen molar-refractivity contribution < 1.29 is 18.3 Å². The van der Waals surface area contributed by atoms with E-state index in [1.165, 1.54) is 0 Å². The molecule has 0 aromatic heterocycles. The maximum atomic E-state index is 11.0. The molecule has 1 fully saturated rings. The van der Waals surface area contributed by atoms with Crippen LogP contribution in [-0.2, 0) is 14.6 Å². The molecular formula is C7H12O4S. The van der Waals surface area contributed by atoms with Gasteiger partial charge in [0, 0.05) is 6.42 Å². The van der Waals surface area contributed by atoms with E-state index in [9.17, 15) is 13.2 Å². The number of carboxylic acid groups (broad SMARTS) is 1. The highest BCUT2D eigenvalue weighted by molar-refractivity contribution is 7.93. The minimum atomic E-state index is -2.93. The molecule has 1 aliphatic heterocycles. The number of rotatable bonds is 3. The van der Waals surface area contributed by atoms with Gasteiger partial charge >= 0.3 is 5.97 Å². The number of sulfone groups is 1. The molecule has 1 saturated heterocycles. The molecule has 5 heteroatoms. The van der Waals surface area contributed by atoms with E-state index in [4.69, 9.17) is 5.11 Å². The number of carboxylic acids is 1. The number of hydrogen-bond donors (Lipinski definition) is 1. The van der Waals surface area contributed by atoms with Crippen LogP contribution < -0.4 is 0 Å². The first-order chi connectivity index (χ1) is 5.43. The summed E-state index contributed by atoms with van der Waals surface area (Å²) >= 11 is 0. The third kappa shape index (κ3) is 1.77. The summed E-state index contributed by atoms with van der Waals surface area (Å²) in [5, 5.41) is 8.02. The van der Waals surface area contributed by atoms with Gasteiger partial charge in [-0.25, -0.2) is 8.42 Å². The summed E-state index contributed by atoms with van der Waals surface area (Å²) in [6.07, 6.45) is 0.570. The maximum Gasteiger partial charge on any atom is 0.303 e. The van der Waals surface area contributed by atoms with Gasteiger partial charge in [-0.2, -0.15) is 0 Å². The van der Waals surface area contributed by atoms with Crippen molar-refractivity contribution in [3.05, 3.63) is 0 Å². The van der Waals surface area contributed by atoms with Gasteiger partial charge in [0.2, 0.25) is 0 Å². The van der Waals surface area contributed by atoms with Crippen molar-refractivity contribution >= 4 is 15.8 Å². The number of carbonyl (C=O) groups is 1. The monoisotopic (exact) mass is 192 g/mol. The largest absolute Gasteiger partial charge is 0.481 e. The quantitative estimate of drug-likeness (QED) is 0.697. The van der Waals surface area contributed by atoms with E-state index < -0.39 is 21.1 Å². The lowest BCUT2D eigenvalue weighted by molar-refractivity contribution is -0.138. The number of aliphatic carboxylic acids is 1. The van der Waals surface area contributed by atoms with Gasteiger partial charge in [0.05, 0.1) is 11.0 Å². The van der Waals surface area contributed by atoms with Crippen molar-refractivity contribution in [2.45, 2.75) is 25.0 Å². The van der Waals surface area contributed by atoms with E-state index in [1.807, 2.05) is 0 Å². The molecule has 1 heterocycles. The Morgan fingerprint density at radius 3 is 2.50 bits per heavy atom. The zero-order valence-electron chi connectivity index (χ0n) is 6.86. The molecule has 0 spiro atoms. The second-order valence-corrected chi connectivity index (χ2v) is 5.61. The average Bonchev–Trinajstić information content (AvgIpc) is 1.83. The number of hydrogen-bond acceptors (Lipinski definition) is 3. The van der Waals surface area contributed by atoms with Crippen molar-refractivity contribution in [1.29, 1.82) is 0 Å². The molecule has 0 bridgehead atoms. The molecule has 2 unspecified atom stereocenters. The highest BCUT2D eigenvalue weighted by Crippen LogP contribution is 2.29. The van der Waals surface area contributed by atoms with Crippen LogP contribution in [0.1, 0.15) is 19.8 Å². The van der Waals surface area contributed by atoms with Crippen molar-refractivity contribution in [2.24, 2.45) is 5.92 Å². The Bertz CT molecular complexity index is 280. The highest BCUT2D eigenvalue weighted by atomic mass is 32.2. The van der Waals surface area contributed by atoms with Crippen LogP contribution in [0.2, 0.25) is 0 Å². The molecule has 0 amide bonds. The molecule has 0 aromatic rings. The first-order valence-electron chi connectivity index (χ1n) is 3.87. The molecular weight excluding hydrogens is 180 g/mol. The lowest BCUT2D eigenvalue weighted by atomic mass is 10.0. The van der Waals surface area contributed by atoms with Gasteiger partial charge in [0.15, 0.2) is 9.84 Å². The summed E-state index contributed by atoms with van der Waals surface area (Å²) in [4.78, 5) is 10.3. The van der Waals surface area contributed by atoms with Gasteiger partial charge in [-0.1, -0.05) is 6.92 Å². The van der Waals surface area contributed by atoms with Crippen LogP contribution in [0, 0.1) is 5.92 Å². The summed E-state index contributed by atoms with van der Waals surface area (Å²) < 4.78 is 22.1. The molecule has 4 nitrogen and oxygen atoms in total. The van der Waals surface area contributed by atoms with E-state index in [0.717, 1.165) is 0 Å². The third-order valence-electron chi connectivity index (χ3n) is 2.28. The maximum absolute atomic E-state index is 11.0. The second-order valence-electron chi connectivity index (χ2n) is 3.27. The molecule has 1 rings (SSSR count). The molecule has 70 valence electrons. The van der Waals surface area contributed by atoms with E-state index in [1.54, 1.807) is 6.92 Å². The SMILES string of the molecule is CC(CC(=O)O)C1CCS1(=O)=O. The first kappa shape index (κ1) is 9.51. The Balaban J connectivity index is 2.55. The molecule has 0 saturated carbocycles. The van der Waals surface area contributed by atoms with E-state index in [2.05, 4.69) is 0 Å². The summed E-state index contributed by atoms with van der Waals surface area (Å²) in [7, 11) is -2.93. The Kier molecular flexibility index (Phi) is 2.41. The Morgan fingerprint density at radius 2 is 2.25 bits per heavy atom. The van der Waals surface area contributed by atoms with Crippen LogP contribution in [0.3, 0.4) is 0 Å². The predicted molar refractivity (Wildman–Crippen MR) is 43.6 cm³/mol. The summed E-state index contributed by atoms with van der Waals surface area (Å²) in [5.74, 6) is -0.951. The minimum Gasteiger partial charge on any atom is -0.481 e. The van der Waals surface area contributed by atoms with Gasteiger partial charge in [-0.3, -0.25) is 4.79 Å².